The Balaban J connectivity index is 2.70. The van der Waals surface area contributed by atoms with Crippen LogP contribution in [0.4, 0.5) is 0 Å². The molecule has 0 radical (unpaired) electrons. The molecule has 0 unspecified atom stereocenters. The second-order valence-corrected chi connectivity index (χ2v) is 6.78. The lowest BCUT2D eigenvalue weighted by molar-refractivity contribution is -0.134. The second kappa shape index (κ2) is 10.4. The molecule has 2 aromatic carbocycles. The number of phenolic OH excluding ortho intramolecular Hbond substituents is 3. The summed E-state index contributed by atoms with van der Waals surface area (Å²) in [5, 5.41) is 30.3. The van der Waals surface area contributed by atoms with Crippen molar-refractivity contribution >= 4 is 23.5 Å². The van der Waals surface area contributed by atoms with E-state index in [-0.39, 0.29) is 31.6 Å². The topological polar surface area (TPSA) is 147 Å². The fraction of sp³-hybridized carbons (Fsp3) is 0.304. The number of rotatable bonds is 9. The van der Waals surface area contributed by atoms with Crippen LogP contribution in [0, 0.1) is 0 Å². The molecule has 9 nitrogen and oxygen atoms in total. The van der Waals surface area contributed by atoms with Crippen LogP contribution < -0.4 is 4.74 Å². The van der Waals surface area contributed by atoms with Gasteiger partial charge in [0.15, 0.2) is 23.1 Å². The number of ketones is 2. The normalized spacial score (nSPS) is 10.5. The van der Waals surface area contributed by atoms with E-state index in [2.05, 4.69) is 0 Å². The molecule has 0 spiro atoms. The lowest BCUT2D eigenvalue weighted by atomic mass is 9.91. The maximum absolute atomic E-state index is 13.0. The van der Waals surface area contributed by atoms with E-state index in [1.54, 1.807) is 0 Å². The number of ether oxygens (including phenoxy) is 2. The van der Waals surface area contributed by atoms with E-state index in [1.807, 2.05) is 0 Å². The summed E-state index contributed by atoms with van der Waals surface area (Å²) in [6, 6.07) is 5.77. The lowest BCUT2D eigenvalue weighted by Crippen LogP contribution is -2.20. The van der Waals surface area contributed by atoms with Gasteiger partial charge in [-0.05, 0) is 17.7 Å². The number of benzene rings is 2. The number of carbonyl (C=O) groups excluding carboxylic acids is 4. The van der Waals surface area contributed by atoms with Crippen LogP contribution >= 0.6 is 0 Å². The molecule has 2 aromatic rings. The molecule has 0 amide bonds. The molecule has 0 saturated carbocycles. The van der Waals surface area contributed by atoms with Crippen molar-refractivity contribution in [2.45, 2.75) is 46.6 Å². The quantitative estimate of drug-likeness (QED) is 0.228. The molecule has 0 aromatic heterocycles. The molecule has 0 aliphatic carbocycles. The van der Waals surface area contributed by atoms with Crippen molar-refractivity contribution in [1.82, 2.24) is 0 Å². The van der Waals surface area contributed by atoms with Gasteiger partial charge in [-0.3, -0.25) is 14.4 Å². The van der Waals surface area contributed by atoms with Gasteiger partial charge >= 0.3 is 11.9 Å². The Labute approximate surface area is 184 Å². The monoisotopic (exact) mass is 444 g/mol. The smallest absolute Gasteiger partial charge is 0.340 e. The highest BCUT2D eigenvalue weighted by atomic mass is 16.5. The fourth-order valence-corrected chi connectivity index (χ4v) is 2.90. The molecule has 2 rings (SSSR count). The number of aromatic hydroxyl groups is 3. The largest absolute Gasteiger partial charge is 0.508 e. The summed E-state index contributed by atoms with van der Waals surface area (Å²) < 4.78 is 10.3. The van der Waals surface area contributed by atoms with E-state index in [9.17, 15) is 34.5 Å². The van der Waals surface area contributed by atoms with Gasteiger partial charge in [0.2, 0.25) is 5.75 Å². The van der Waals surface area contributed by atoms with Crippen LogP contribution in [0.15, 0.2) is 24.3 Å². The van der Waals surface area contributed by atoms with E-state index < -0.39 is 57.4 Å². The third kappa shape index (κ3) is 5.05. The SMILES string of the molecule is CCC(=O)Oc1c(O)c(O)c(C(=O)CC)c(C(=O)OCc2ccc(O)cc2)c1C(=O)CC. The number of phenols is 3. The first kappa shape index (κ1) is 24.4. The van der Waals surface area contributed by atoms with Crippen LogP contribution in [0.3, 0.4) is 0 Å². The van der Waals surface area contributed by atoms with Gasteiger partial charge in [0.1, 0.15) is 12.4 Å². The van der Waals surface area contributed by atoms with Crippen molar-refractivity contribution in [3.8, 4) is 23.0 Å². The standard InChI is InChI=1S/C23H24O9/c1-4-14(25)17-19(23(30)31-11-12-7-9-13(24)10-8-12)18(15(26)5-2)22(21(29)20(17)28)32-16(27)6-3/h7-10,24,28-29H,4-6,11H2,1-3H3. The van der Waals surface area contributed by atoms with E-state index in [4.69, 9.17) is 9.47 Å². The zero-order valence-corrected chi connectivity index (χ0v) is 17.9. The van der Waals surface area contributed by atoms with Gasteiger partial charge in [-0.25, -0.2) is 4.79 Å². The number of hydrogen-bond donors (Lipinski definition) is 3. The highest BCUT2D eigenvalue weighted by molar-refractivity contribution is 6.17. The summed E-state index contributed by atoms with van der Waals surface area (Å²) in [7, 11) is 0. The van der Waals surface area contributed by atoms with Crippen molar-refractivity contribution in [2.75, 3.05) is 0 Å². The summed E-state index contributed by atoms with van der Waals surface area (Å²) in [5.74, 6) is -6.06. The van der Waals surface area contributed by atoms with Crippen LogP contribution in [0.2, 0.25) is 0 Å². The van der Waals surface area contributed by atoms with Gasteiger partial charge in [0.25, 0.3) is 0 Å². The van der Waals surface area contributed by atoms with Crippen LogP contribution in [0.25, 0.3) is 0 Å². The molecule has 0 bridgehead atoms. The number of Topliss-reactive ketones (excluding diaryl/α,β-unsaturated/α-hetero) is 2. The highest BCUT2D eigenvalue weighted by Gasteiger charge is 2.35. The molecular weight excluding hydrogens is 420 g/mol. The van der Waals surface area contributed by atoms with Crippen molar-refractivity contribution in [2.24, 2.45) is 0 Å². The van der Waals surface area contributed by atoms with E-state index in [0.29, 0.717) is 5.56 Å². The predicted molar refractivity (Wildman–Crippen MR) is 112 cm³/mol. The summed E-state index contributed by atoms with van der Waals surface area (Å²) in [6.45, 7) is 4.15. The number of esters is 2. The average molecular weight is 444 g/mol. The van der Waals surface area contributed by atoms with Gasteiger partial charge < -0.3 is 24.8 Å². The van der Waals surface area contributed by atoms with Crippen molar-refractivity contribution in [3.05, 3.63) is 46.5 Å². The molecule has 0 saturated heterocycles. The molecule has 0 aliphatic rings. The molecule has 32 heavy (non-hydrogen) atoms. The van der Waals surface area contributed by atoms with Gasteiger partial charge in [-0.2, -0.15) is 0 Å². The summed E-state index contributed by atoms with van der Waals surface area (Å²) in [6.07, 6.45) is -0.422. The predicted octanol–water partition coefficient (Wildman–Crippen LogP) is 3.66. The molecule has 0 fully saturated rings. The Hall–Kier alpha value is -3.88. The van der Waals surface area contributed by atoms with E-state index in [1.165, 1.54) is 45.0 Å². The third-order valence-corrected chi connectivity index (χ3v) is 4.62. The molecule has 0 heterocycles. The minimum absolute atomic E-state index is 0.0116. The first-order valence-electron chi connectivity index (χ1n) is 10.00. The molecule has 3 N–H and O–H groups in total. The van der Waals surface area contributed by atoms with Crippen molar-refractivity contribution < 1.29 is 44.0 Å². The Kier molecular flexibility index (Phi) is 7.95. The fourth-order valence-electron chi connectivity index (χ4n) is 2.90. The summed E-state index contributed by atoms with van der Waals surface area (Å²) in [4.78, 5) is 50.2. The Morgan fingerprint density at radius 1 is 0.750 bits per heavy atom. The van der Waals surface area contributed by atoms with Crippen LogP contribution in [0.1, 0.15) is 76.7 Å². The summed E-state index contributed by atoms with van der Waals surface area (Å²) >= 11 is 0. The number of carbonyl (C=O) groups is 4. The molecule has 170 valence electrons. The Morgan fingerprint density at radius 2 is 1.31 bits per heavy atom. The Morgan fingerprint density at radius 3 is 1.84 bits per heavy atom. The van der Waals surface area contributed by atoms with Crippen LogP contribution in [-0.4, -0.2) is 38.8 Å². The first-order chi connectivity index (χ1) is 15.2. The van der Waals surface area contributed by atoms with Crippen LogP contribution in [0.5, 0.6) is 23.0 Å². The average Bonchev–Trinajstić information content (AvgIpc) is 2.80. The van der Waals surface area contributed by atoms with Crippen LogP contribution in [-0.2, 0) is 16.1 Å². The zero-order chi connectivity index (χ0) is 24.0. The minimum Gasteiger partial charge on any atom is -0.508 e. The highest BCUT2D eigenvalue weighted by Crippen LogP contribution is 2.45. The third-order valence-electron chi connectivity index (χ3n) is 4.62. The van der Waals surface area contributed by atoms with E-state index >= 15 is 0 Å². The lowest BCUT2D eigenvalue weighted by Gasteiger charge is -2.19. The number of hydrogen-bond acceptors (Lipinski definition) is 9. The maximum Gasteiger partial charge on any atom is 0.340 e. The van der Waals surface area contributed by atoms with Gasteiger partial charge in [0.05, 0.1) is 16.7 Å². The van der Waals surface area contributed by atoms with Gasteiger partial charge in [-0.1, -0.05) is 32.9 Å². The molecule has 9 heteroatoms. The summed E-state index contributed by atoms with van der Waals surface area (Å²) in [5.41, 5.74) is -1.19. The van der Waals surface area contributed by atoms with E-state index in [0.717, 1.165) is 0 Å². The first-order valence-corrected chi connectivity index (χ1v) is 10.00. The molecular formula is C23H24O9. The molecule has 0 atom stereocenters. The second-order valence-electron chi connectivity index (χ2n) is 6.78. The van der Waals surface area contributed by atoms with Crippen molar-refractivity contribution in [1.29, 1.82) is 0 Å². The molecule has 0 aliphatic heterocycles. The van der Waals surface area contributed by atoms with Crippen molar-refractivity contribution in [3.63, 3.8) is 0 Å². The maximum atomic E-state index is 13.0. The zero-order valence-electron chi connectivity index (χ0n) is 17.9. The van der Waals surface area contributed by atoms with Gasteiger partial charge in [0, 0.05) is 19.3 Å². The minimum atomic E-state index is -1.13. The Bertz CT molecular complexity index is 1050. The van der Waals surface area contributed by atoms with Gasteiger partial charge in [-0.15, -0.1) is 0 Å².